The Bertz CT molecular complexity index is 250. The van der Waals surface area contributed by atoms with Gasteiger partial charge in [0.05, 0.1) is 19.3 Å². The molecule has 0 aromatic rings. The predicted molar refractivity (Wildman–Crippen MR) is 49.8 cm³/mol. The van der Waals surface area contributed by atoms with Crippen LogP contribution in [0, 0.1) is 0 Å². The zero-order chi connectivity index (χ0) is 9.26. The smallest absolute Gasteiger partial charge is 0.166 e. The number of amidine groups is 1. The van der Waals surface area contributed by atoms with Gasteiger partial charge in [0.2, 0.25) is 0 Å². The van der Waals surface area contributed by atoms with Crippen LogP contribution in [-0.4, -0.2) is 50.2 Å². The van der Waals surface area contributed by atoms with Crippen molar-refractivity contribution in [3.63, 3.8) is 0 Å². The molecule has 0 aliphatic carbocycles. The molecule has 0 aromatic heterocycles. The molecule has 0 amide bonds. The van der Waals surface area contributed by atoms with Crippen LogP contribution in [0.4, 0.5) is 0 Å². The second-order valence-electron chi connectivity index (χ2n) is 3.20. The maximum atomic E-state index is 5.40. The van der Waals surface area contributed by atoms with E-state index in [-0.39, 0.29) is 0 Å². The van der Waals surface area contributed by atoms with Crippen molar-refractivity contribution >= 4 is 5.84 Å². The van der Waals surface area contributed by atoms with Crippen molar-refractivity contribution in [1.29, 1.82) is 0 Å². The third kappa shape index (κ3) is 1.42. The van der Waals surface area contributed by atoms with Crippen molar-refractivity contribution in [2.24, 2.45) is 4.99 Å². The molecule has 0 N–H and O–H groups in total. The molecular weight excluding hydrogens is 168 g/mol. The van der Waals surface area contributed by atoms with Crippen molar-refractivity contribution < 1.29 is 9.47 Å². The summed E-state index contributed by atoms with van der Waals surface area (Å²) in [6.07, 6.45) is 0. The molecule has 4 heteroatoms. The number of nitrogens with zero attached hydrogens (tertiary/aromatic N) is 2. The van der Waals surface area contributed by atoms with Crippen molar-refractivity contribution in [2.75, 3.05) is 33.4 Å². The van der Waals surface area contributed by atoms with E-state index < -0.39 is 0 Å². The maximum Gasteiger partial charge on any atom is 0.166 e. The van der Waals surface area contributed by atoms with Crippen LogP contribution < -0.4 is 0 Å². The van der Waals surface area contributed by atoms with Gasteiger partial charge >= 0.3 is 0 Å². The zero-order valence-corrected chi connectivity index (χ0v) is 7.82. The van der Waals surface area contributed by atoms with E-state index in [1.54, 1.807) is 7.05 Å². The van der Waals surface area contributed by atoms with Gasteiger partial charge in [0, 0.05) is 13.6 Å². The number of ether oxygens (including phenoxy) is 2. The van der Waals surface area contributed by atoms with Crippen molar-refractivity contribution in [3.05, 3.63) is 12.3 Å². The van der Waals surface area contributed by atoms with Gasteiger partial charge in [0.1, 0.15) is 6.61 Å². The van der Waals surface area contributed by atoms with Gasteiger partial charge in [-0.05, 0) is 0 Å². The van der Waals surface area contributed by atoms with Crippen LogP contribution in [0.1, 0.15) is 0 Å². The summed E-state index contributed by atoms with van der Waals surface area (Å²) in [5.41, 5.74) is 0. The van der Waals surface area contributed by atoms with Crippen molar-refractivity contribution in [2.45, 2.75) is 6.04 Å². The molecule has 0 saturated carbocycles. The minimum atomic E-state index is 0.318. The molecular formula is C9H14N2O2. The molecule has 1 atom stereocenters. The number of morpholine rings is 2. The summed E-state index contributed by atoms with van der Waals surface area (Å²) in [6.45, 7) is 6.87. The second kappa shape index (κ2) is 3.38. The fourth-order valence-electron chi connectivity index (χ4n) is 1.75. The number of aliphatic imine (C=N–C) groups is 1. The lowest BCUT2D eigenvalue weighted by molar-refractivity contribution is -0.0148. The molecule has 2 aliphatic rings. The van der Waals surface area contributed by atoms with Crippen LogP contribution in [0.15, 0.2) is 17.3 Å². The monoisotopic (exact) mass is 182 g/mol. The highest BCUT2D eigenvalue weighted by molar-refractivity contribution is 5.96. The van der Waals surface area contributed by atoms with Gasteiger partial charge in [0.15, 0.2) is 11.6 Å². The molecule has 2 aliphatic heterocycles. The Labute approximate surface area is 77.8 Å². The molecule has 4 nitrogen and oxygen atoms in total. The number of fused-ring (bicyclic) bond motifs is 1. The third-order valence-corrected chi connectivity index (χ3v) is 2.41. The summed E-state index contributed by atoms with van der Waals surface area (Å²) >= 11 is 0. The molecule has 0 spiro atoms. The zero-order valence-electron chi connectivity index (χ0n) is 7.82. The Kier molecular flexibility index (Phi) is 2.22. The first-order chi connectivity index (χ1) is 6.33. The van der Waals surface area contributed by atoms with E-state index in [1.165, 1.54) is 0 Å². The standard InChI is InChI=1S/C9H14N2O2/c1-7-9(10-2)11-3-4-12-5-8(11)6-13-7/h8H,1,3-6H2,2H3. The highest BCUT2D eigenvalue weighted by Crippen LogP contribution is 2.18. The molecule has 1 unspecified atom stereocenters. The summed E-state index contributed by atoms with van der Waals surface area (Å²) < 4.78 is 10.8. The van der Waals surface area contributed by atoms with Gasteiger partial charge in [-0.1, -0.05) is 6.58 Å². The van der Waals surface area contributed by atoms with Crippen LogP contribution in [-0.2, 0) is 9.47 Å². The van der Waals surface area contributed by atoms with Crippen LogP contribution in [0.5, 0.6) is 0 Å². The van der Waals surface area contributed by atoms with Crippen LogP contribution in [0.2, 0.25) is 0 Å². The number of rotatable bonds is 0. The van der Waals surface area contributed by atoms with Gasteiger partial charge in [-0.25, -0.2) is 0 Å². The summed E-state index contributed by atoms with van der Waals surface area (Å²) in [6, 6.07) is 0.318. The summed E-state index contributed by atoms with van der Waals surface area (Å²) in [5, 5.41) is 0. The van der Waals surface area contributed by atoms with Crippen LogP contribution in [0.25, 0.3) is 0 Å². The van der Waals surface area contributed by atoms with Gasteiger partial charge in [-0.15, -0.1) is 0 Å². The second-order valence-corrected chi connectivity index (χ2v) is 3.20. The summed E-state index contributed by atoms with van der Waals surface area (Å²) in [5.74, 6) is 1.56. The lowest BCUT2D eigenvalue weighted by Crippen LogP contribution is -2.54. The Morgan fingerprint density at radius 1 is 1.54 bits per heavy atom. The van der Waals surface area contributed by atoms with Gasteiger partial charge in [-0.2, -0.15) is 0 Å². The molecule has 0 aromatic carbocycles. The van der Waals surface area contributed by atoms with E-state index in [2.05, 4.69) is 16.5 Å². The van der Waals surface area contributed by atoms with Gasteiger partial charge in [0.25, 0.3) is 0 Å². The van der Waals surface area contributed by atoms with Crippen LogP contribution in [0.3, 0.4) is 0 Å². The molecule has 2 fully saturated rings. The predicted octanol–water partition coefficient (Wildman–Crippen LogP) is 0.259. The lowest BCUT2D eigenvalue weighted by atomic mass is 10.2. The highest BCUT2D eigenvalue weighted by Gasteiger charge is 2.32. The molecule has 2 rings (SSSR count). The number of hydrogen-bond acceptors (Lipinski definition) is 3. The maximum absolute atomic E-state index is 5.40. The average Bonchev–Trinajstić information content (AvgIpc) is 2.18. The highest BCUT2D eigenvalue weighted by atomic mass is 16.5. The Hall–Kier alpha value is -1.03. The largest absolute Gasteiger partial charge is 0.488 e. The average molecular weight is 182 g/mol. The minimum absolute atomic E-state index is 0.318. The molecule has 2 saturated heterocycles. The van der Waals surface area contributed by atoms with Gasteiger partial charge < -0.3 is 14.4 Å². The van der Waals surface area contributed by atoms with Gasteiger partial charge in [-0.3, -0.25) is 4.99 Å². The Morgan fingerprint density at radius 2 is 2.38 bits per heavy atom. The summed E-state index contributed by atoms with van der Waals surface area (Å²) in [7, 11) is 1.77. The van der Waals surface area contributed by atoms with Crippen LogP contribution >= 0.6 is 0 Å². The molecule has 2 heterocycles. The third-order valence-electron chi connectivity index (χ3n) is 2.41. The first-order valence-corrected chi connectivity index (χ1v) is 4.46. The fraction of sp³-hybridized carbons (Fsp3) is 0.667. The molecule has 0 radical (unpaired) electrons. The van der Waals surface area contributed by atoms with E-state index in [0.29, 0.717) is 18.4 Å². The van der Waals surface area contributed by atoms with E-state index in [0.717, 1.165) is 25.6 Å². The Balaban J connectivity index is 2.19. The fourth-order valence-corrected chi connectivity index (χ4v) is 1.75. The quantitative estimate of drug-likeness (QED) is 0.539. The Morgan fingerprint density at radius 3 is 3.15 bits per heavy atom. The number of hydrogen-bond donors (Lipinski definition) is 0. The van der Waals surface area contributed by atoms with Crippen molar-refractivity contribution in [1.82, 2.24) is 4.90 Å². The van der Waals surface area contributed by atoms with E-state index in [1.807, 2.05) is 0 Å². The van der Waals surface area contributed by atoms with E-state index >= 15 is 0 Å². The SMILES string of the molecule is C=C1OCC2COCCN2C1=NC. The lowest BCUT2D eigenvalue weighted by Gasteiger charge is -2.41. The van der Waals surface area contributed by atoms with E-state index in [9.17, 15) is 0 Å². The normalized spacial score (nSPS) is 31.5. The summed E-state index contributed by atoms with van der Waals surface area (Å²) in [4.78, 5) is 6.39. The molecule has 72 valence electrons. The molecule has 13 heavy (non-hydrogen) atoms. The first kappa shape index (κ1) is 8.56. The minimum Gasteiger partial charge on any atom is -0.488 e. The van der Waals surface area contributed by atoms with E-state index in [4.69, 9.17) is 9.47 Å². The first-order valence-electron chi connectivity index (χ1n) is 4.46. The van der Waals surface area contributed by atoms with Crippen molar-refractivity contribution in [3.8, 4) is 0 Å². The molecule has 0 bridgehead atoms. The topological polar surface area (TPSA) is 34.1 Å².